The lowest BCUT2D eigenvalue weighted by Gasteiger charge is -2.41. The van der Waals surface area contributed by atoms with Gasteiger partial charge < -0.3 is 0 Å². The van der Waals surface area contributed by atoms with Gasteiger partial charge in [0, 0.05) is 25.0 Å². The van der Waals surface area contributed by atoms with Gasteiger partial charge >= 0.3 is 6.18 Å². The van der Waals surface area contributed by atoms with E-state index in [-0.39, 0.29) is 6.42 Å². The molecule has 178 valence electrons. The lowest BCUT2D eigenvalue weighted by atomic mass is 9.71. The van der Waals surface area contributed by atoms with Crippen LogP contribution in [0.15, 0.2) is 0 Å². The number of carbonyl (C=O) groups excluding carboxylic acids is 1. The van der Waals surface area contributed by atoms with E-state index < -0.39 is 12.0 Å². The Morgan fingerprint density at radius 3 is 2.13 bits per heavy atom. The molecular weight excluding hydrogens is 399 g/mol. The first-order valence-corrected chi connectivity index (χ1v) is 13.3. The summed E-state index contributed by atoms with van der Waals surface area (Å²) in [6.07, 6.45) is 15.0. The Bertz CT molecular complexity index is 580. The second kappa shape index (κ2) is 10.6. The first-order chi connectivity index (χ1) is 14.9. The summed E-state index contributed by atoms with van der Waals surface area (Å²) in [5.74, 6) is 1.04. The molecule has 2 nitrogen and oxygen atoms in total. The van der Waals surface area contributed by atoms with E-state index in [1.807, 2.05) is 0 Å². The molecule has 5 heteroatoms. The number of carbonyl (C=O) groups is 1. The number of alkyl halides is 3. The van der Waals surface area contributed by atoms with Gasteiger partial charge in [0.2, 0.25) is 5.78 Å². The lowest BCUT2D eigenvalue weighted by molar-refractivity contribution is -0.171. The van der Waals surface area contributed by atoms with E-state index in [2.05, 4.69) is 4.90 Å². The van der Waals surface area contributed by atoms with Crippen LogP contribution < -0.4 is 0 Å². The quantitative estimate of drug-likeness (QED) is 0.413. The predicted octanol–water partition coefficient (Wildman–Crippen LogP) is 7.31. The third kappa shape index (κ3) is 6.06. The van der Waals surface area contributed by atoms with E-state index >= 15 is 0 Å². The molecule has 4 fully saturated rings. The van der Waals surface area contributed by atoms with Crippen molar-refractivity contribution in [3.8, 4) is 0 Å². The maximum absolute atomic E-state index is 12.7. The zero-order valence-corrected chi connectivity index (χ0v) is 19.2. The highest BCUT2D eigenvalue weighted by Crippen LogP contribution is 2.48. The molecule has 0 bridgehead atoms. The minimum atomic E-state index is -4.66. The molecule has 4 aliphatic rings. The minimum Gasteiger partial charge on any atom is -0.297 e. The smallest absolute Gasteiger partial charge is 0.297 e. The average Bonchev–Trinajstić information content (AvgIpc) is 3.14. The Kier molecular flexibility index (Phi) is 8.04. The monoisotopic (exact) mass is 441 g/mol. The van der Waals surface area contributed by atoms with E-state index in [4.69, 9.17) is 0 Å². The molecule has 3 aliphatic carbocycles. The van der Waals surface area contributed by atoms with Crippen LogP contribution in [0.1, 0.15) is 109 Å². The fraction of sp³-hybridized carbons (Fsp3) is 0.962. The largest absolute Gasteiger partial charge is 0.449 e. The third-order valence-electron chi connectivity index (χ3n) is 9.26. The minimum absolute atomic E-state index is 0.302. The molecule has 1 saturated heterocycles. The van der Waals surface area contributed by atoms with Gasteiger partial charge in [0.05, 0.1) is 0 Å². The van der Waals surface area contributed by atoms with Crippen molar-refractivity contribution >= 4 is 5.78 Å². The highest BCUT2D eigenvalue weighted by molar-refractivity contribution is 5.83. The Balaban J connectivity index is 1.37. The molecule has 0 aromatic carbocycles. The number of hydrogen-bond donors (Lipinski definition) is 0. The van der Waals surface area contributed by atoms with Crippen molar-refractivity contribution in [1.29, 1.82) is 0 Å². The molecule has 4 unspecified atom stereocenters. The maximum atomic E-state index is 12.7. The number of hydrogen-bond acceptors (Lipinski definition) is 2. The van der Waals surface area contributed by atoms with Crippen LogP contribution in [0.25, 0.3) is 0 Å². The number of halogens is 3. The van der Waals surface area contributed by atoms with Crippen LogP contribution in [0.5, 0.6) is 0 Å². The zero-order valence-electron chi connectivity index (χ0n) is 19.2. The van der Waals surface area contributed by atoms with Crippen LogP contribution in [0.3, 0.4) is 0 Å². The molecule has 4 atom stereocenters. The summed E-state index contributed by atoms with van der Waals surface area (Å²) in [5.41, 5.74) is 0. The van der Waals surface area contributed by atoms with Crippen LogP contribution >= 0.6 is 0 Å². The fourth-order valence-electron chi connectivity index (χ4n) is 7.54. The van der Waals surface area contributed by atoms with Gasteiger partial charge in [-0.25, -0.2) is 0 Å². The molecule has 0 N–H and O–H groups in total. The second-order valence-electron chi connectivity index (χ2n) is 11.2. The van der Waals surface area contributed by atoms with Crippen molar-refractivity contribution < 1.29 is 18.0 Å². The van der Waals surface area contributed by atoms with Gasteiger partial charge in [-0.3, -0.25) is 9.69 Å². The number of rotatable bonds is 7. The molecule has 0 aromatic rings. The molecule has 3 saturated carbocycles. The Labute approximate surface area is 186 Å². The number of likely N-dealkylation sites (tertiary alicyclic amines) is 1. The highest BCUT2D eigenvalue weighted by atomic mass is 19.4. The standard InChI is InChI=1S/C26H42F3NO/c27-26(28,29)25(31)16-13-20-12-15-24-23(17-20)21(14-11-19-7-3-1-4-8-19)18-30(24)22-9-5-2-6-10-22/h19-24H,1-18H2. The first-order valence-electron chi connectivity index (χ1n) is 13.3. The molecule has 1 heterocycles. The SMILES string of the molecule is O=C(CCC1CCC2C(C1)C(CCC1CCCCC1)CN2C1CCCCC1)C(F)(F)F. The molecule has 31 heavy (non-hydrogen) atoms. The van der Waals surface area contributed by atoms with Crippen molar-refractivity contribution in [3.63, 3.8) is 0 Å². The van der Waals surface area contributed by atoms with E-state index in [9.17, 15) is 18.0 Å². The normalized spacial score (nSPS) is 34.0. The van der Waals surface area contributed by atoms with Crippen molar-refractivity contribution in [3.05, 3.63) is 0 Å². The van der Waals surface area contributed by atoms with Crippen molar-refractivity contribution in [1.82, 2.24) is 4.90 Å². The summed E-state index contributed by atoms with van der Waals surface area (Å²) in [5, 5.41) is 0. The summed E-state index contributed by atoms with van der Waals surface area (Å²) >= 11 is 0. The molecule has 0 radical (unpaired) electrons. The van der Waals surface area contributed by atoms with Gasteiger partial charge in [0.1, 0.15) is 0 Å². The van der Waals surface area contributed by atoms with Crippen LogP contribution in [-0.4, -0.2) is 35.5 Å². The number of ketones is 1. The van der Waals surface area contributed by atoms with Gasteiger partial charge in [0.25, 0.3) is 0 Å². The number of Topliss-reactive ketones (excluding diaryl/α,β-unsaturated/α-hetero) is 1. The summed E-state index contributed by atoms with van der Waals surface area (Å²) < 4.78 is 38.0. The second-order valence-corrected chi connectivity index (χ2v) is 11.2. The maximum Gasteiger partial charge on any atom is 0.449 e. The van der Waals surface area contributed by atoms with Crippen LogP contribution in [0.4, 0.5) is 13.2 Å². The summed E-state index contributed by atoms with van der Waals surface area (Å²) in [4.78, 5) is 14.3. The Morgan fingerprint density at radius 2 is 1.45 bits per heavy atom. The molecule has 0 spiro atoms. The van der Waals surface area contributed by atoms with Crippen molar-refractivity contribution in [2.45, 2.75) is 127 Å². The van der Waals surface area contributed by atoms with Crippen molar-refractivity contribution in [2.75, 3.05) is 6.54 Å². The highest BCUT2D eigenvalue weighted by Gasteiger charge is 2.47. The summed E-state index contributed by atoms with van der Waals surface area (Å²) in [7, 11) is 0. The Hall–Kier alpha value is -0.580. The third-order valence-corrected chi connectivity index (χ3v) is 9.26. The predicted molar refractivity (Wildman–Crippen MR) is 118 cm³/mol. The molecule has 4 rings (SSSR count). The summed E-state index contributed by atoms with van der Waals surface area (Å²) in [6.45, 7) is 1.22. The van der Waals surface area contributed by atoms with Gasteiger partial charge in [-0.15, -0.1) is 0 Å². The van der Waals surface area contributed by atoms with Crippen LogP contribution in [0, 0.1) is 23.7 Å². The van der Waals surface area contributed by atoms with Crippen LogP contribution in [-0.2, 0) is 4.79 Å². The van der Waals surface area contributed by atoms with Gasteiger partial charge in [0.15, 0.2) is 0 Å². The summed E-state index contributed by atoms with van der Waals surface area (Å²) in [6, 6.07) is 1.39. The number of nitrogens with zero attached hydrogens (tertiary/aromatic N) is 1. The number of fused-ring (bicyclic) bond motifs is 1. The van der Waals surface area contributed by atoms with E-state index in [0.717, 1.165) is 37.1 Å². The zero-order chi connectivity index (χ0) is 21.8. The van der Waals surface area contributed by atoms with Crippen molar-refractivity contribution in [2.24, 2.45) is 23.7 Å². The first kappa shape index (κ1) is 23.6. The van der Waals surface area contributed by atoms with Gasteiger partial charge in [-0.1, -0.05) is 57.8 Å². The Morgan fingerprint density at radius 1 is 0.774 bits per heavy atom. The topological polar surface area (TPSA) is 20.3 Å². The molecule has 1 aliphatic heterocycles. The fourth-order valence-corrected chi connectivity index (χ4v) is 7.54. The van der Waals surface area contributed by atoms with E-state index in [1.165, 1.54) is 83.6 Å². The van der Waals surface area contributed by atoms with Crippen LogP contribution in [0.2, 0.25) is 0 Å². The van der Waals surface area contributed by atoms with Gasteiger partial charge in [-0.2, -0.15) is 13.2 Å². The molecular formula is C26H42F3NO. The molecule has 0 amide bonds. The van der Waals surface area contributed by atoms with Gasteiger partial charge in [-0.05, 0) is 68.6 Å². The van der Waals surface area contributed by atoms with E-state index in [0.29, 0.717) is 24.3 Å². The average molecular weight is 442 g/mol. The van der Waals surface area contributed by atoms with E-state index in [1.54, 1.807) is 0 Å². The lowest BCUT2D eigenvalue weighted by Crippen LogP contribution is -2.44. The molecule has 0 aromatic heterocycles.